The van der Waals surface area contributed by atoms with Crippen LogP contribution in [0, 0.1) is 5.92 Å². The maximum absolute atomic E-state index is 11.7. The third-order valence-corrected chi connectivity index (χ3v) is 7.72. The molecule has 2 heteroatoms. The number of unbranched alkanes of at least 4 members (excludes halogenated alkanes) is 13. The average Bonchev–Trinajstić information content (AvgIpc) is 2.85. The summed E-state index contributed by atoms with van der Waals surface area (Å²) >= 11 is 0. The van der Waals surface area contributed by atoms with Crippen LogP contribution < -0.4 is 4.74 Å². The monoisotopic (exact) mass is 468 g/mol. The van der Waals surface area contributed by atoms with E-state index in [-0.39, 0.29) is 5.97 Å². The molecule has 1 aliphatic rings. The zero-order chi connectivity index (χ0) is 24.4. The summed E-state index contributed by atoms with van der Waals surface area (Å²) in [5.41, 5.74) is 1.83. The number of hydrogen-bond donors (Lipinski definition) is 0. The largest absolute Gasteiger partial charge is 0.423 e. The average molecular weight is 469 g/mol. The third-order valence-electron chi connectivity index (χ3n) is 7.72. The van der Waals surface area contributed by atoms with Crippen molar-refractivity contribution in [2.24, 2.45) is 5.92 Å². The number of carbonyl (C=O) groups excluding carboxylic acids is 1. The number of esters is 1. The molecule has 0 atom stereocenters. The van der Waals surface area contributed by atoms with Crippen LogP contribution in [0.3, 0.4) is 0 Å². The highest BCUT2D eigenvalue weighted by atomic mass is 16.5. The van der Waals surface area contributed by atoms with Crippen molar-refractivity contribution in [1.29, 1.82) is 0 Å². The highest BCUT2D eigenvalue weighted by Gasteiger charge is 2.22. The first kappa shape index (κ1) is 28.7. The minimum atomic E-state index is -0.350. The molecule has 1 aromatic rings. The molecule has 1 fully saturated rings. The second-order valence-electron chi connectivity index (χ2n) is 10.8. The van der Waals surface area contributed by atoms with E-state index in [2.05, 4.69) is 25.6 Å². The van der Waals surface area contributed by atoms with Crippen molar-refractivity contribution in [3.05, 3.63) is 42.0 Å². The van der Waals surface area contributed by atoms with Gasteiger partial charge in [0.1, 0.15) is 5.75 Å². The molecule has 2 rings (SSSR count). The Morgan fingerprint density at radius 2 is 1.24 bits per heavy atom. The first-order chi connectivity index (χ1) is 16.6. The summed E-state index contributed by atoms with van der Waals surface area (Å²) in [4.78, 5) is 11.7. The van der Waals surface area contributed by atoms with Crippen molar-refractivity contribution in [2.75, 3.05) is 0 Å². The second kappa shape index (κ2) is 17.8. The van der Waals surface area contributed by atoms with Crippen molar-refractivity contribution in [2.45, 2.75) is 142 Å². The highest BCUT2D eigenvalue weighted by Crippen LogP contribution is 2.38. The molecule has 0 unspecified atom stereocenters. The van der Waals surface area contributed by atoms with Gasteiger partial charge in [-0.2, -0.15) is 0 Å². The molecule has 0 heterocycles. The zero-order valence-electron chi connectivity index (χ0n) is 22.4. The number of carbonyl (C=O) groups is 1. The SMILES string of the molecule is C=C(C)C(=O)Oc1ccc(C2CCC(CCCCCCCCCCCCCCCC)CC2)cc1. The molecule has 1 saturated carbocycles. The summed E-state index contributed by atoms with van der Waals surface area (Å²) in [5.74, 6) is 1.86. The van der Waals surface area contributed by atoms with Gasteiger partial charge >= 0.3 is 5.97 Å². The lowest BCUT2D eigenvalue weighted by Crippen LogP contribution is -2.13. The Morgan fingerprint density at radius 3 is 1.71 bits per heavy atom. The highest BCUT2D eigenvalue weighted by molar-refractivity contribution is 5.88. The van der Waals surface area contributed by atoms with Crippen molar-refractivity contribution in [3.8, 4) is 5.75 Å². The van der Waals surface area contributed by atoms with E-state index in [0.717, 1.165) is 5.92 Å². The summed E-state index contributed by atoms with van der Waals surface area (Å²) in [6, 6.07) is 8.13. The Hall–Kier alpha value is -1.57. The Bertz CT molecular complexity index is 667. The van der Waals surface area contributed by atoms with Gasteiger partial charge in [-0.1, -0.05) is 122 Å². The van der Waals surface area contributed by atoms with E-state index < -0.39 is 0 Å². The molecular formula is C32H52O2. The Morgan fingerprint density at radius 1 is 0.765 bits per heavy atom. The van der Waals surface area contributed by atoms with Crippen LogP contribution >= 0.6 is 0 Å². The van der Waals surface area contributed by atoms with Crippen LogP contribution in [0.4, 0.5) is 0 Å². The summed E-state index contributed by atoms with van der Waals surface area (Å²) in [5, 5.41) is 0. The van der Waals surface area contributed by atoms with Crippen molar-refractivity contribution in [3.63, 3.8) is 0 Å². The molecule has 192 valence electrons. The van der Waals surface area contributed by atoms with Gasteiger partial charge in [0.2, 0.25) is 0 Å². The van der Waals surface area contributed by atoms with Gasteiger partial charge in [-0.25, -0.2) is 4.79 Å². The molecule has 0 amide bonds. The molecule has 0 bridgehead atoms. The van der Waals surface area contributed by atoms with Crippen LogP contribution in [0.1, 0.15) is 147 Å². The Labute approximate surface area is 210 Å². The van der Waals surface area contributed by atoms with Crippen LogP contribution in [0.2, 0.25) is 0 Å². The van der Waals surface area contributed by atoms with Gasteiger partial charge in [0.25, 0.3) is 0 Å². The Kier molecular flexibility index (Phi) is 15.0. The standard InChI is InChI=1S/C32H52O2/c1-4-5-6-7-8-9-10-11-12-13-14-15-16-17-18-28-19-21-29(22-20-28)30-23-25-31(26-24-30)34-32(33)27(2)3/h23-26,28-29H,2,4-22H2,1,3H3. The van der Waals surface area contributed by atoms with E-state index in [1.807, 2.05) is 12.1 Å². The predicted octanol–water partition coefficient (Wildman–Crippen LogP) is 10.3. The maximum atomic E-state index is 11.7. The molecular weight excluding hydrogens is 416 g/mol. The van der Waals surface area contributed by atoms with Crippen LogP contribution in [0.5, 0.6) is 5.75 Å². The number of hydrogen-bond acceptors (Lipinski definition) is 2. The predicted molar refractivity (Wildman–Crippen MR) is 147 cm³/mol. The smallest absolute Gasteiger partial charge is 0.338 e. The van der Waals surface area contributed by atoms with Crippen LogP contribution in [0.15, 0.2) is 36.4 Å². The lowest BCUT2D eigenvalue weighted by Gasteiger charge is -2.29. The normalized spacial score (nSPS) is 18.1. The van der Waals surface area contributed by atoms with Crippen LogP contribution in [-0.2, 0) is 4.79 Å². The van der Waals surface area contributed by atoms with Crippen molar-refractivity contribution in [1.82, 2.24) is 0 Å². The molecule has 34 heavy (non-hydrogen) atoms. The molecule has 0 aliphatic heterocycles. The first-order valence-electron chi connectivity index (χ1n) is 14.6. The van der Waals surface area contributed by atoms with E-state index in [1.54, 1.807) is 6.92 Å². The molecule has 1 aliphatic carbocycles. The van der Waals surface area contributed by atoms with Crippen molar-refractivity contribution < 1.29 is 9.53 Å². The van der Waals surface area contributed by atoms with E-state index in [1.165, 1.54) is 128 Å². The van der Waals surface area contributed by atoms with Gasteiger partial charge in [0.05, 0.1) is 0 Å². The lowest BCUT2D eigenvalue weighted by molar-refractivity contribution is -0.130. The summed E-state index contributed by atoms with van der Waals surface area (Å²) < 4.78 is 5.31. The number of rotatable bonds is 18. The maximum Gasteiger partial charge on any atom is 0.338 e. The van der Waals surface area contributed by atoms with Gasteiger partial charge in [0, 0.05) is 5.57 Å². The molecule has 0 radical (unpaired) electrons. The van der Waals surface area contributed by atoms with Gasteiger partial charge in [-0.05, 0) is 62.1 Å². The zero-order valence-corrected chi connectivity index (χ0v) is 22.4. The van der Waals surface area contributed by atoms with Gasteiger partial charge in [-0.3, -0.25) is 0 Å². The first-order valence-corrected chi connectivity index (χ1v) is 14.6. The van der Waals surface area contributed by atoms with Gasteiger partial charge in [0.15, 0.2) is 0 Å². The number of ether oxygens (including phenoxy) is 1. The third kappa shape index (κ3) is 12.2. The number of benzene rings is 1. The summed E-state index contributed by atoms with van der Waals surface area (Å²) in [6.45, 7) is 7.60. The van der Waals surface area contributed by atoms with Crippen LogP contribution in [-0.4, -0.2) is 5.97 Å². The second-order valence-corrected chi connectivity index (χ2v) is 10.8. The van der Waals surface area contributed by atoms with E-state index in [0.29, 0.717) is 17.2 Å². The van der Waals surface area contributed by atoms with E-state index >= 15 is 0 Å². The summed E-state index contributed by atoms with van der Waals surface area (Å²) in [7, 11) is 0. The molecule has 2 nitrogen and oxygen atoms in total. The Balaban J connectivity index is 1.44. The lowest BCUT2D eigenvalue weighted by atomic mass is 9.77. The quantitative estimate of drug-likeness (QED) is 0.0926. The van der Waals surface area contributed by atoms with Crippen LogP contribution in [0.25, 0.3) is 0 Å². The molecule has 0 spiro atoms. The van der Waals surface area contributed by atoms with Gasteiger partial charge < -0.3 is 4.74 Å². The molecule has 0 saturated heterocycles. The fraction of sp³-hybridized carbons (Fsp3) is 0.719. The van der Waals surface area contributed by atoms with E-state index in [9.17, 15) is 4.79 Å². The summed E-state index contributed by atoms with van der Waals surface area (Å²) in [6.07, 6.45) is 26.9. The fourth-order valence-corrected chi connectivity index (χ4v) is 5.41. The molecule has 0 aromatic heterocycles. The van der Waals surface area contributed by atoms with Gasteiger partial charge in [-0.15, -0.1) is 0 Å². The molecule has 1 aromatic carbocycles. The molecule has 0 N–H and O–H groups in total. The minimum Gasteiger partial charge on any atom is -0.423 e. The minimum absolute atomic E-state index is 0.350. The fourth-order valence-electron chi connectivity index (χ4n) is 5.41. The topological polar surface area (TPSA) is 26.3 Å². The van der Waals surface area contributed by atoms with Crippen molar-refractivity contribution >= 4 is 5.97 Å². The van der Waals surface area contributed by atoms with E-state index in [4.69, 9.17) is 4.74 Å².